The first-order chi connectivity index (χ1) is 13.0. The zero-order chi connectivity index (χ0) is 23.6. The molecule has 18 heteroatoms. The molecule has 0 rings (SSSR count). The molecular weight excluding hydrogens is 452 g/mol. The van der Waals surface area contributed by atoms with Gasteiger partial charge >= 0.3 is 20.8 Å². The Morgan fingerprint density at radius 3 is 1.34 bits per heavy atom. The number of aliphatic hydroxyl groups excluding tert-OH is 6. The molecule has 0 heterocycles. The highest BCUT2D eigenvalue weighted by Gasteiger charge is 2.33. The lowest BCUT2D eigenvalue weighted by molar-refractivity contribution is -0.129. The molecule has 16 nitrogen and oxygen atoms in total. The summed E-state index contributed by atoms with van der Waals surface area (Å²) in [6, 6.07) is 0. The van der Waals surface area contributed by atoms with E-state index in [4.69, 9.17) is 39.7 Å². The zero-order valence-electron chi connectivity index (χ0n) is 14.6. The van der Waals surface area contributed by atoms with Crippen LogP contribution >= 0.6 is 0 Å². The van der Waals surface area contributed by atoms with E-state index in [9.17, 15) is 26.4 Å². The summed E-state index contributed by atoms with van der Waals surface area (Å²) in [5.74, 6) is 0. The van der Waals surface area contributed by atoms with Crippen molar-refractivity contribution in [1.82, 2.24) is 0 Å². The van der Waals surface area contributed by atoms with E-state index in [0.717, 1.165) is 6.92 Å². The minimum Gasteiger partial charge on any atom is -0.394 e. The number of carbonyl (C=O) groups excluding carboxylic acids is 2. The molecule has 0 saturated carbocycles. The molecule has 0 aliphatic carbocycles. The van der Waals surface area contributed by atoms with E-state index in [2.05, 4.69) is 8.37 Å². The summed E-state index contributed by atoms with van der Waals surface area (Å²) in [5, 5.41) is 53.3. The third-order valence-corrected chi connectivity index (χ3v) is 3.76. The summed E-state index contributed by atoms with van der Waals surface area (Å²) in [5.41, 5.74) is 0. The van der Waals surface area contributed by atoms with Gasteiger partial charge in [-0.1, -0.05) is 0 Å². The lowest BCUT2D eigenvalue weighted by atomic mass is 10.1. The van der Waals surface area contributed by atoms with Crippen LogP contribution in [0.5, 0.6) is 0 Å². The van der Waals surface area contributed by atoms with E-state index in [1.165, 1.54) is 0 Å². The number of carbonyl (C=O) groups is 2. The zero-order valence-corrected chi connectivity index (χ0v) is 16.2. The monoisotopic (exact) mass is 474 g/mol. The molecule has 0 aromatic carbocycles. The highest BCUT2D eigenvalue weighted by molar-refractivity contribution is 7.81. The minimum atomic E-state index is -4.92. The second-order valence-corrected chi connectivity index (χ2v) is 7.31. The smallest absolute Gasteiger partial charge is 0.394 e. The van der Waals surface area contributed by atoms with Gasteiger partial charge in [0.1, 0.15) is 24.4 Å². The molecule has 0 saturated heterocycles. The van der Waals surface area contributed by atoms with Gasteiger partial charge in [0, 0.05) is 0 Å². The fraction of sp³-hybridized carbons (Fsp3) is 0.818. The van der Waals surface area contributed by atoms with E-state index in [1.807, 2.05) is 0 Å². The van der Waals surface area contributed by atoms with Gasteiger partial charge in [-0.25, -0.2) is 8.37 Å². The predicted octanol–water partition coefficient (Wildman–Crippen LogP) is -5.44. The first-order valence-corrected chi connectivity index (χ1v) is 9.96. The van der Waals surface area contributed by atoms with Gasteiger partial charge in [0.2, 0.25) is 0 Å². The molecule has 7 atom stereocenters. The van der Waals surface area contributed by atoms with Crippen molar-refractivity contribution in [1.29, 1.82) is 0 Å². The number of hydrogen-bond acceptors (Lipinski definition) is 14. The van der Waals surface area contributed by atoms with Crippen LogP contribution in [0.4, 0.5) is 0 Å². The van der Waals surface area contributed by atoms with Gasteiger partial charge in [0.15, 0.2) is 24.8 Å². The summed E-state index contributed by atoms with van der Waals surface area (Å²) in [7, 11) is -9.83. The van der Waals surface area contributed by atoms with Crippen molar-refractivity contribution in [3.05, 3.63) is 0 Å². The Morgan fingerprint density at radius 1 is 0.759 bits per heavy atom. The quantitative estimate of drug-likeness (QED) is 0.0966. The van der Waals surface area contributed by atoms with E-state index >= 15 is 0 Å². The Morgan fingerprint density at radius 2 is 1.10 bits per heavy atom. The van der Waals surface area contributed by atoms with Crippen molar-refractivity contribution in [2.24, 2.45) is 0 Å². The van der Waals surface area contributed by atoms with E-state index in [-0.39, 0.29) is 12.6 Å². The highest BCUT2D eigenvalue weighted by Crippen LogP contribution is 2.08. The van der Waals surface area contributed by atoms with Gasteiger partial charge in [-0.3, -0.25) is 9.11 Å². The summed E-state index contributed by atoms with van der Waals surface area (Å²) in [4.78, 5) is 20.5. The lowest BCUT2D eigenvalue weighted by Crippen LogP contribution is -2.45. The van der Waals surface area contributed by atoms with Gasteiger partial charge in [-0.2, -0.15) is 16.8 Å². The van der Waals surface area contributed by atoms with Crippen LogP contribution in [0.1, 0.15) is 6.92 Å². The molecule has 0 fully saturated rings. The van der Waals surface area contributed by atoms with Crippen molar-refractivity contribution in [2.45, 2.75) is 49.7 Å². The molecular formula is C11H22O16S2. The average Bonchev–Trinajstić information content (AvgIpc) is 2.60. The number of aldehydes is 2. The summed E-state index contributed by atoms with van der Waals surface area (Å²) >= 11 is 0. The average molecular weight is 474 g/mol. The van der Waals surface area contributed by atoms with Crippen LogP contribution in [-0.4, -0.2) is 118 Å². The third kappa shape index (κ3) is 13.6. The Bertz CT molecular complexity index is 688. The van der Waals surface area contributed by atoms with Crippen LogP contribution in [0.2, 0.25) is 0 Å². The van der Waals surface area contributed by atoms with Gasteiger partial charge in [-0.15, -0.1) is 0 Å². The molecule has 0 amide bonds. The Hall–Kier alpha value is -1.16. The lowest BCUT2D eigenvalue weighted by Gasteiger charge is -2.23. The molecule has 0 bridgehead atoms. The maximum atomic E-state index is 10.3. The van der Waals surface area contributed by atoms with Crippen molar-refractivity contribution in [2.75, 3.05) is 6.61 Å². The predicted molar refractivity (Wildman–Crippen MR) is 87.8 cm³/mol. The molecule has 0 unspecified atom stereocenters. The fourth-order valence-electron chi connectivity index (χ4n) is 1.41. The molecule has 0 radical (unpaired) electrons. The molecule has 29 heavy (non-hydrogen) atoms. The summed E-state index contributed by atoms with van der Waals surface area (Å²) in [6.07, 6.45) is -13.0. The second-order valence-electron chi connectivity index (χ2n) is 5.21. The Kier molecular flexibility index (Phi) is 13.7. The first-order valence-electron chi connectivity index (χ1n) is 7.23. The van der Waals surface area contributed by atoms with Crippen molar-refractivity contribution in [3.63, 3.8) is 0 Å². The summed E-state index contributed by atoms with van der Waals surface area (Å²) < 4.78 is 64.6. The van der Waals surface area contributed by atoms with E-state index < -0.39 is 70.1 Å². The molecule has 0 aliphatic rings. The largest absolute Gasteiger partial charge is 0.398 e. The highest BCUT2D eigenvalue weighted by atomic mass is 32.3. The number of aliphatic hydroxyl groups is 6. The number of hydrogen-bond donors (Lipinski definition) is 8. The second kappa shape index (κ2) is 13.2. The summed E-state index contributed by atoms with van der Waals surface area (Å²) in [6.45, 7) is 0.226. The van der Waals surface area contributed by atoms with Crippen LogP contribution in [0, 0.1) is 0 Å². The fourth-order valence-corrected chi connectivity index (χ4v) is 2.29. The van der Waals surface area contributed by atoms with Crippen molar-refractivity contribution < 1.29 is 74.5 Å². The molecule has 0 aliphatic heterocycles. The Labute approximate surface area is 164 Å². The normalized spacial score (nSPS) is 19.5. The van der Waals surface area contributed by atoms with Crippen LogP contribution in [-0.2, 0) is 38.8 Å². The molecule has 0 spiro atoms. The van der Waals surface area contributed by atoms with E-state index in [0.29, 0.717) is 0 Å². The van der Waals surface area contributed by atoms with Crippen LogP contribution < -0.4 is 0 Å². The first kappa shape index (κ1) is 30.0. The van der Waals surface area contributed by atoms with Gasteiger partial charge in [0.05, 0.1) is 12.7 Å². The van der Waals surface area contributed by atoms with Gasteiger partial charge in [-0.05, 0) is 6.92 Å². The molecule has 174 valence electrons. The van der Waals surface area contributed by atoms with Crippen molar-refractivity contribution >= 4 is 33.4 Å². The molecule has 0 aromatic rings. The topological polar surface area (TPSA) is 283 Å². The third-order valence-electron chi connectivity index (χ3n) is 2.83. The van der Waals surface area contributed by atoms with Gasteiger partial charge < -0.3 is 40.2 Å². The molecule has 0 aromatic heterocycles. The number of rotatable bonds is 12. The maximum absolute atomic E-state index is 10.3. The Balaban J connectivity index is 0. The standard InChI is InChI=1S/C6H12O8S.C5H10O8S/c1-3(8)5(9)6(10)4(2-7)14-15(11,12)13;6-1-3(8)5(9)4(2-7)13-14(10,11)12/h2-6,8-10H,1H3,(H,11,12,13);2-6,8-9H,1H2,(H,10,11,12)/t3-,4-,5-,6-;3-,4+,5+/m11/s1. The van der Waals surface area contributed by atoms with Gasteiger partial charge in [0.25, 0.3) is 0 Å². The van der Waals surface area contributed by atoms with Crippen LogP contribution in [0.15, 0.2) is 0 Å². The SMILES string of the molecule is C[C@@H](O)[C@@H](O)[C@H](O)[C@@H](C=O)OS(=O)(=O)O.O=C[C@H](OS(=O)(=O)O)[C@@H](O)[C@H](O)CO. The minimum absolute atomic E-state index is 0.121. The molecule has 8 N–H and O–H groups in total. The van der Waals surface area contributed by atoms with E-state index in [1.54, 1.807) is 0 Å². The van der Waals surface area contributed by atoms with Crippen molar-refractivity contribution in [3.8, 4) is 0 Å². The van der Waals surface area contributed by atoms with Crippen LogP contribution in [0.25, 0.3) is 0 Å². The van der Waals surface area contributed by atoms with Crippen LogP contribution in [0.3, 0.4) is 0 Å². The maximum Gasteiger partial charge on any atom is 0.398 e.